The second-order valence-corrected chi connectivity index (χ2v) is 8.66. The molecular formula is C23H26N2O2S. The number of piperidine rings is 1. The molecule has 0 aliphatic carbocycles. The molecule has 0 N–H and O–H groups in total. The number of fused-ring (bicyclic) bond motifs is 3. The summed E-state index contributed by atoms with van der Waals surface area (Å²) >= 11 is 1.65. The summed E-state index contributed by atoms with van der Waals surface area (Å²) in [4.78, 5) is 2.68. The molecule has 2 aliphatic rings. The first-order valence-corrected chi connectivity index (χ1v) is 11.0. The van der Waals surface area contributed by atoms with Crippen molar-refractivity contribution in [3.63, 3.8) is 0 Å². The van der Waals surface area contributed by atoms with Crippen molar-refractivity contribution < 1.29 is 9.47 Å². The lowest BCUT2D eigenvalue weighted by Gasteiger charge is -2.38. The third-order valence-electron chi connectivity index (χ3n) is 6.35. The molecular weight excluding hydrogens is 368 g/mol. The Kier molecular flexibility index (Phi) is 4.95. The Labute approximate surface area is 170 Å². The Morgan fingerprint density at radius 1 is 1.00 bits per heavy atom. The maximum absolute atomic E-state index is 6.03. The Balaban J connectivity index is 1.24. The van der Waals surface area contributed by atoms with E-state index in [0.29, 0.717) is 24.6 Å². The van der Waals surface area contributed by atoms with E-state index in [1.54, 1.807) is 18.6 Å². The summed E-state index contributed by atoms with van der Waals surface area (Å²) in [6.45, 7) is 1.69. The monoisotopic (exact) mass is 394 g/mol. The molecule has 4 nitrogen and oxygen atoms in total. The van der Waals surface area contributed by atoms with Crippen LogP contribution in [0.25, 0.3) is 10.1 Å². The molecule has 0 radical (unpaired) electrons. The van der Waals surface area contributed by atoms with Gasteiger partial charge in [0.25, 0.3) is 0 Å². The molecule has 2 fully saturated rings. The summed E-state index contributed by atoms with van der Waals surface area (Å²) in [7, 11) is 1.69. The van der Waals surface area contributed by atoms with Crippen molar-refractivity contribution in [3.05, 3.63) is 54.2 Å². The fourth-order valence-corrected chi connectivity index (χ4v) is 5.92. The minimum atomic E-state index is 0.597. The normalized spacial score (nSPS) is 24.5. The number of benzene rings is 2. The van der Waals surface area contributed by atoms with Gasteiger partial charge in [0.05, 0.1) is 17.5 Å². The number of hydrogen-bond acceptors (Lipinski definition) is 5. The standard InChI is InChI=1S/C23H26N2O2S/c1-26-20-7-3-4-8-21(20)27-13-12-25-17-10-11-18(25)15-16(14-17)23-19-6-2-5-9-22(19)28-24-23/h2-9,16-18H,10-15H2,1H3. The maximum atomic E-state index is 6.03. The van der Waals surface area contributed by atoms with Crippen molar-refractivity contribution in [1.82, 2.24) is 9.27 Å². The third kappa shape index (κ3) is 3.27. The Hall–Kier alpha value is -2.11. The number of nitrogens with zero attached hydrogens (tertiary/aromatic N) is 2. The first kappa shape index (κ1) is 18.0. The third-order valence-corrected chi connectivity index (χ3v) is 7.19. The van der Waals surface area contributed by atoms with Crippen molar-refractivity contribution in [2.45, 2.75) is 43.7 Å². The van der Waals surface area contributed by atoms with Crippen LogP contribution in [0, 0.1) is 0 Å². The smallest absolute Gasteiger partial charge is 0.161 e. The van der Waals surface area contributed by atoms with Crippen LogP contribution in [0.4, 0.5) is 0 Å². The van der Waals surface area contributed by atoms with Crippen LogP contribution >= 0.6 is 11.5 Å². The quantitative estimate of drug-likeness (QED) is 0.583. The van der Waals surface area contributed by atoms with Crippen molar-refractivity contribution in [2.75, 3.05) is 20.3 Å². The topological polar surface area (TPSA) is 34.6 Å². The molecule has 3 heterocycles. The average molecular weight is 395 g/mol. The van der Waals surface area contributed by atoms with E-state index in [0.717, 1.165) is 18.0 Å². The average Bonchev–Trinajstić information content (AvgIpc) is 3.26. The largest absolute Gasteiger partial charge is 0.493 e. The highest BCUT2D eigenvalue weighted by Gasteiger charge is 2.41. The molecule has 2 aromatic carbocycles. The van der Waals surface area contributed by atoms with E-state index in [1.165, 1.54) is 41.5 Å². The van der Waals surface area contributed by atoms with E-state index in [1.807, 2.05) is 24.3 Å². The summed E-state index contributed by atoms with van der Waals surface area (Å²) in [5.41, 5.74) is 1.34. The lowest BCUT2D eigenvalue weighted by Crippen LogP contribution is -2.44. The summed E-state index contributed by atoms with van der Waals surface area (Å²) in [6, 6.07) is 17.9. The lowest BCUT2D eigenvalue weighted by molar-refractivity contribution is 0.104. The van der Waals surface area contributed by atoms with Gasteiger partial charge >= 0.3 is 0 Å². The molecule has 0 saturated carbocycles. The molecule has 2 aliphatic heterocycles. The zero-order valence-corrected chi connectivity index (χ0v) is 17.0. The van der Waals surface area contributed by atoms with Crippen molar-refractivity contribution in [1.29, 1.82) is 0 Å². The van der Waals surface area contributed by atoms with Crippen LogP contribution in [0.3, 0.4) is 0 Å². The number of aromatic nitrogens is 1. The van der Waals surface area contributed by atoms with Gasteiger partial charge in [-0.15, -0.1) is 0 Å². The van der Waals surface area contributed by atoms with Gasteiger partial charge in [-0.25, -0.2) is 0 Å². The number of rotatable bonds is 6. The van der Waals surface area contributed by atoms with Gasteiger partial charge in [-0.1, -0.05) is 30.3 Å². The molecule has 28 heavy (non-hydrogen) atoms. The SMILES string of the molecule is COc1ccccc1OCCN1C2CCC1CC(c1nsc3ccccc13)C2. The van der Waals surface area contributed by atoms with Crippen LogP contribution in [-0.4, -0.2) is 41.6 Å². The summed E-state index contributed by atoms with van der Waals surface area (Å²) in [6.07, 6.45) is 5.05. The number of hydrogen-bond donors (Lipinski definition) is 0. The van der Waals surface area contributed by atoms with E-state index < -0.39 is 0 Å². The molecule has 0 spiro atoms. The van der Waals surface area contributed by atoms with Gasteiger partial charge in [-0.05, 0) is 55.4 Å². The van der Waals surface area contributed by atoms with E-state index >= 15 is 0 Å². The van der Waals surface area contributed by atoms with Gasteiger partial charge in [0.15, 0.2) is 11.5 Å². The van der Waals surface area contributed by atoms with Crippen LogP contribution in [0.15, 0.2) is 48.5 Å². The van der Waals surface area contributed by atoms with E-state index in [9.17, 15) is 0 Å². The number of para-hydroxylation sites is 2. The number of ether oxygens (including phenoxy) is 2. The van der Waals surface area contributed by atoms with Gasteiger partial charge in [-0.2, -0.15) is 4.37 Å². The predicted molar refractivity (Wildman–Crippen MR) is 114 cm³/mol. The second kappa shape index (κ2) is 7.72. The molecule has 5 rings (SSSR count). The first-order valence-electron chi connectivity index (χ1n) is 10.2. The molecule has 2 bridgehead atoms. The highest BCUT2D eigenvalue weighted by molar-refractivity contribution is 7.13. The molecule has 3 aromatic rings. The van der Waals surface area contributed by atoms with Gasteiger partial charge in [0, 0.05) is 29.9 Å². The second-order valence-electron chi connectivity index (χ2n) is 7.85. The Bertz CT molecular complexity index is 942. The van der Waals surface area contributed by atoms with Crippen LogP contribution < -0.4 is 9.47 Å². The minimum absolute atomic E-state index is 0.597. The highest BCUT2D eigenvalue weighted by Crippen LogP contribution is 2.44. The summed E-state index contributed by atoms with van der Waals surface area (Å²) in [5, 5.41) is 1.37. The van der Waals surface area contributed by atoms with Crippen molar-refractivity contribution in [2.24, 2.45) is 0 Å². The molecule has 2 unspecified atom stereocenters. The molecule has 146 valence electrons. The van der Waals surface area contributed by atoms with Gasteiger partial charge < -0.3 is 9.47 Å². The molecule has 2 atom stereocenters. The Morgan fingerprint density at radius 2 is 1.71 bits per heavy atom. The fraction of sp³-hybridized carbons (Fsp3) is 0.435. The molecule has 0 amide bonds. The van der Waals surface area contributed by atoms with Crippen LogP contribution in [-0.2, 0) is 0 Å². The van der Waals surface area contributed by atoms with Gasteiger partial charge in [0.2, 0.25) is 0 Å². The molecule has 1 aromatic heterocycles. The lowest BCUT2D eigenvalue weighted by atomic mass is 9.87. The van der Waals surface area contributed by atoms with Gasteiger partial charge in [0.1, 0.15) is 6.61 Å². The van der Waals surface area contributed by atoms with E-state index in [2.05, 4.69) is 29.2 Å². The van der Waals surface area contributed by atoms with Crippen LogP contribution in [0.1, 0.15) is 37.3 Å². The highest BCUT2D eigenvalue weighted by atomic mass is 32.1. The minimum Gasteiger partial charge on any atom is -0.493 e. The van der Waals surface area contributed by atoms with Crippen molar-refractivity contribution in [3.8, 4) is 11.5 Å². The van der Waals surface area contributed by atoms with E-state index in [4.69, 9.17) is 13.8 Å². The zero-order chi connectivity index (χ0) is 18.9. The van der Waals surface area contributed by atoms with Gasteiger partial charge in [-0.3, -0.25) is 4.90 Å². The Morgan fingerprint density at radius 3 is 2.50 bits per heavy atom. The van der Waals surface area contributed by atoms with Crippen molar-refractivity contribution >= 4 is 21.6 Å². The zero-order valence-electron chi connectivity index (χ0n) is 16.2. The number of methoxy groups -OCH3 is 1. The van der Waals surface area contributed by atoms with Crippen LogP contribution in [0.5, 0.6) is 11.5 Å². The van der Waals surface area contributed by atoms with Crippen LogP contribution in [0.2, 0.25) is 0 Å². The predicted octanol–water partition coefficient (Wildman–Crippen LogP) is 5.09. The molecule has 5 heteroatoms. The van der Waals surface area contributed by atoms with E-state index in [-0.39, 0.29) is 0 Å². The maximum Gasteiger partial charge on any atom is 0.161 e. The summed E-state index contributed by atoms with van der Waals surface area (Å²) in [5.74, 6) is 2.24. The summed E-state index contributed by atoms with van der Waals surface area (Å²) < 4.78 is 17.6. The molecule has 2 saturated heterocycles. The fourth-order valence-electron chi connectivity index (χ4n) is 5.06. The first-order chi connectivity index (χ1) is 13.8.